The van der Waals surface area contributed by atoms with Crippen LogP contribution in [-0.4, -0.2) is 35.8 Å². The van der Waals surface area contributed by atoms with Crippen molar-refractivity contribution in [1.82, 2.24) is 4.98 Å². The Balaban J connectivity index is 2.57. The molecule has 0 aliphatic carbocycles. The molecule has 0 spiro atoms. The first-order valence-corrected chi connectivity index (χ1v) is 4.95. The van der Waals surface area contributed by atoms with E-state index in [1.54, 1.807) is 0 Å². The van der Waals surface area contributed by atoms with Crippen LogP contribution in [-0.2, 0) is 4.74 Å². The van der Waals surface area contributed by atoms with Crippen molar-refractivity contribution in [3.05, 3.63) is 17.8 Å². The standard InChI is InChI=1S/C10H15N3O3/c1-2-16-4-3-12-9-8(11)5-7(6-13-9)10(14)15/h5-6H,2-4,11H2,1H3,(H,12,13)(H,14,15). The largest absolute Gasteiger partial charge is 0.478 e. The summed E-state index contributed by atoms with van der Waals surface area (Å²) in [6.45, 7) is 3.70. The van der Waals surface area contributed by atoms with E-state index < -0.39 is 5.97 Å². The maximum atomic E-state index is 10.6. The number of anilines is 2. The Bertz CT molecular complexity index is 368. The first-order valence-electron chi connectivity index (χ1n) is 4.95. The number of carboxylic acids is 1. The van der Waals surface area contributed by atoms with Gasteiger partial charge in [0.05, 0.1) is 17.9 Å². The number of nitrogen functional groups attached to an aromatic ring is 1. The van der Waals surface area contributed by atoms with Crippen molar-refractivity contribution < 1.29 is 14.6 Å². The molecule has 0 radical (unpaired) electrons. The van der Waals surface area contributed by atoms with Crippen LogP contribution in [0.5, 0.6) is 0 Å². The van der Waals surface area contributed by atoms with E-state index in [9.17, 15) is 4.79 Å². The third kappa shape index (κ3) is 3.39. The zero-order chi connectivity index (χ0) is 12.0. The molecular formula is C10H15N3O3. The summed E-state index contributed by atoms with van der Waals surface area (Å²) in [6.07, 6.45) is 1.27. The second kappa shape index (κ2) is 5.92. The molecule has 6 nitrogen and oxygen atoms in total. The molecule has 0 aromatic carbocycles. The Labute approximate surface area is 93.4 Å². The van der Waals surface area contributed by atoms with Gasteiger partial charge in [-0.2, -0.15) is 0 Å². The summed E-state index contributed by atoms with van der Waals surface area (Å²) in [4.78, 5) is 14.6. The summed E-state index contributed by atoms with van der Waals surface area (Å²) in [7, 11) is 0. The molecule has 1 aromatic heterocycles. The molecule has 0 aliphatic heterocycles. The molecule has 88 valence electrons. The number of hydrogen-bond donors (Lipinski definition) is 3. The fraction of sp³-hybridized carbons (Fsp3) is 0.400. The number of nitrogens with one attached hydrogen (secondary N) is 1. The number of rotatable bonds is 6. The second-order valence-electron chi connectivity index (χ2n) is 3.09. The van der Waals surface area contributed by atoms with Crippen LogP contribution in [0.2, 0.25) is 0 Å². The Hall–Kier alpha value is -1.82. The summed E-state index contributed by atoms with van der Waals surface area (Å²) >= 11 is 0. The molecule has 6 heteroatoms. The van der Waals surface area contributed by atoms with Gasteiger partial charge in [-0.25, -0.2) is 9.78 Å². The summed E-state index contributed by atoms with van der Waals surface area (Å²) in [6, 6.07) is 1.37. The molecule has 0 saturated carbocycles. The molecule has 1 aromatic rings. The SMILES string of the molecule is CCOCCNc1ncc(C(=O)O)cc1N. The predicted molar refractivity (Wildman–Crippen MR) is 60.6 cm³/mol. The Morgan fingerprint density at radius 3 is 3.00 bits per heavy atom. The lowest BCUT2D eigenvalue weighted by atomic mass is 10.2. The van der Waals surface area contributed by atoms with Gasteiger partial charge in [-0.3, -0.25) is 0 Å². The zero-order valence-corrected chi connectivity index (χ0v) is 9.06. The smallest absolute Gasteiger partial charge is 0.337 e. The maximum absolute atomic E-state index is 10.6. The first kappa shape index (κ1) is 12.3. The molecule has 1 rings (SSSR count). The molecular weight excluding hydrogens is 210 g/mol. The highest BCUT2D eigenvalue weighted by Gasteiger charge is 2.06. The zero-order valence-electron chi connectivity index (χ0n) is 9.06. The summed E-state index contributed by atoms with van der Waals surface area (Å²) < 4.78 is 5.13. The minimum atomic E-state index is -1.04. The molecule has 0 aliphatic rings. The number of ether oxygens (including phenoxy) is 1. The number of carboxylic acid groups (broad SMARTS) is 1. The van der Waals surface area contributed by atoms with Crippen LogP contribution >= 0.6 is 0 Å². The average Bonchev–Trinajstić information content (AvgIpc) is 2.26. The number of nitrogens with zero attached hydrogens (tertiary/aromatic N) is 1. The quantitative estimate of drug-likeness (QED) is 0.620. The lowest BCUT2D eigenvalue weighted by Crippen LogP contribution is -2.12. The van der Waals surface area contributed by atoms with Crippen LogP contribution in [0.3, 0.4) is 0 Å². The van der Waals surface area contributed by atoms with Gasteiger partial charge in [-0.1, -0.05) is 0 Å². The van der Waals surface area contributed by atoms with E-state index in [4.69, 9.17) is 15.6 Å². The molecule has 4 N–H and O–H groups in total. The molecule has 0 amide bonds. The van der Waals surface area contributed by atoms with Crippen LogP contribution in [0.15, 0.2) is 12.3 Å². The average molecular weight is 225 g/mol. The Morgan fingerprint density at radius 2 is 2.44 bits per heavy atom. The molecule has 0 atom stereocenters. The van der Waals surface area contributed by atoms with Crippen molar-refractivity contribution in [1.29, 1.82) is 0 Å². The lowest BCUT2D eigenvalue weighted by molar-refractivity contribution is 0.0696. The Morgan fingerprint density at radius 1 is 1.69 bits per heavy atom. The number of pyridine rings is 1. The van der Waals surface area contributed by atoms with Crippen molar-refractivity contribution in [2.24, 2.45) is 0 Å². The fourth-order valence-electron chi connectivity index (χ4n) is 1.13. The number of nitrogens with two attached hydrogens (primary N) is 1. The van der Waals surface area contributed by atoms with E-state index in [2.05, 4.69) is 10.3 Å². The first-order chi connectivity index (χ1) is 7.65. The summed E-state index contributed by atoms with van der Waals surface area (Å²) in [5, 5.41) is 11.7. The fourth-order valence-corrected chi connectivity index (χ4v) is 1.13. The van der Waals surface area contributed by atoms with Gasteiger partial charge in [0.1, 0.15) is 5.82 Å². The predicted octanol–water partition coefficient (Wildman–Crippen LogP) is 0.810. The van der Waals surface area contributed by atoms with Crippen LogP contribution in [0.25, 0.3) is 0 Å². The van der Waals surface area contributed by atoms with Gasteiger partial charge in [0.25, 0.3) is 0 Å². The van der Waals surface area contributed by atoms with E-state index in [1.165, 1.54) is 12.3 Å². The van der Waals surface area contributed by atoms with Crippen LogP contribution in [0.1, 0.15) is 17.3 Å². The van der Waals surface area contributed by atoms with Gasteiger partial charge in [0.15, 0.2) is 0 Å². The molecule has 0 saturated heterocycles. The van der Waals surface area contributed by atoms with Crippen molar-refractivity contribution in [3.8, 4) is 0 Å². The third-order valence-corrected chi connectivity index (χ3v) is 1.91. The number of aromatic nitrogens is 1. The molecule has 1 heterocycles. The van der Waals surface area contributed by atoms with E-state index in [0.717, 1.165) is 0 Å². The van der Waals surface area contributed by atoms with Gasteiger partial charge in [-0.15, -0.1) is 0 Å². The van der Waals surface area contributed by atoms with Crippen molar-refractivity contribution in [2.45, 2.75) is 6.92 Å². The minimum absolute atomic E-state index is 0.0767. The Kier molecular flexibility index (Phi) is 4.53. The van der Waals surface area contributed by atoms with E-state index >= 15 is 0 Å². The molecule has 0 unspecified atom stereocenters. The van der Waals surface area contributed by atoms with Crippen LogP contribution in [0.4, 0.5) is 11.5 Å². The van der Waals surface area contributed by atoms with Crippen molar-refractivity contribution >= 4 is 17.5 Å². The van der Waals surface area contributed by atoms with Crippen molar-refractivity contribution in [2.75, 3.05) is 30.8 Å². The normalized spacial score (nSPS) is 10.1. The van der Waals surface area contributed by atoms with Crippen molar-refractivity contribution in [3.63, 3.8) is 0 Å². The van der Waals surface area contributed by atoms with E-state index in [-0.39, 0.29) is 5.56 Å². The van der Waals surface area contributed by atoms with Crippen LogP contribution < -0.4 is 11.1 Å². The number of carbonyl (C=O) groups is 1. The number of hydrogen-bond acceptors (Lipinski definition) is 5. The molecule has 16 heavy (non-hydrogen) atoms. The highest BCUT2D eigenvalue weighted by Crippen LogP contribution is 2.15. The van der Waals surface area contributed by atoms with E-state index in [1.807, 2.05) is 6.92 Å². The summed E-state index contributed by atoms with van der Waals surface area (Å²) in [5.74, 6) is -0.565. The minimum Gasteiger partial charge on any atom is -0.478 e. The highest BCUT2D eigenvalue weighted by atomic mass is 16.5. The number of aromatic carboxylic acids is 1. The van der Waals surface area contributed by atoms with Gasteiger partial charge >= 0.3 is 5.97 Å². The highest BCUT2D eigenvalue weighted by molar-refractivity contribution is 5.89. The third-order valence-electron chi connectivity index (χ3n) is 1.91. The van der Waals surface area contributed by atoms with E-state index in [0.29, 0.717) is 31.3 Å². The summed E-state index contributed by atoms with van der Waals surface area (Å²) in [5.41, 5.74) is 6.04. The van der Waals surface area contributed by atoms with Gasteiger partial charge in [0.2, 0.25) is 0 Å². The van der Waals surface area contributed by atoms with Gasteiger partial charge < -0.3 is 20.9 Å². The lowest BCUT2D eigenvalue weighted by Gasteiger charge is -2.08. The molecule has 0 fully saturated rings. The van der Waals surface area contributed by atoms with Gasteiger partial charge in [-0.05, 0) is 13.0 Å². The van der Waals surface area contributed by atoms with Gasteiger partial charge in [0, 0.05) is 19.3 Å². The second-order valence-corrected chi connectivity index (χ2v) is 3.09. The molecule has 0 bridgehead atoms. The monoisotopic (exact) mass is 225 g/mol. The maximum Gasteiger partial charge on any atom is 0.337 e. The van der Waals surface area contributed by atoms with Crippen LogP contribution in [0, 0.1) is 0 Å². The topological polar surface area (TPSA) is 97.5 Å².